The van der Waals surface area contributed by atoms with E-state index in [1.54, 1.807) is 24.3 Å². The molecule has 110 valence electrons. The fraction of sp³-hybridized carbons (Fsp3) is 0.214. The van der Waals surface area contributed by atoms with Gasteiger partial charge in [-0.05, 0) is 37.4 Å². The van der Waals surface area contributed by atoms with Crippen LogP contribution in [-0.2, 0) is 0 Å². The summed E-state index contributed by atoms with van der Waals surface area (Å²) in [6.07, 6.45) is 1.86. The zero-order valence-electron chi connectivity index (χ0n) is 11.8. The van der Waals surface area contributed by atoms with Gasteiger partial charge in [-0.1, -0.05) is 23.4 Å². The molecule has 5 nitrogen and oxygen atoms in total. The zero-order chi connectivity index (χ0) is 15.4. The number of hydrogen-bond acceptors (Lipinski definition) is 5. The molecule has 1 aromatic carbocycles. The van der Waals surface area contributed by atoms with Crippen LogP contribution in [0.3, 0.4) is 0 Å². The molecule has 0 aliphatic carbocycles. The Labute approximate surface area is 132 Å². The van der Waals surface area contributed by atoms with E-state index >= 15 is 0 Å². The van der Waals surface area contributed by atoms with Crippen LogP contribution in [0.2, 0.25) is 5.02 Å². The summed E-state index contributed by atoms with van der Waals surface area (Å²) in [7, 11) is 1.53. The Bertz CT molecular complexity index is 679. The predicted molar refractivity (Wildman–Crippen MR) is 84.5 cm³/mol. The first-order chi connectivity index (χ1) is 10.0. The quantitative estimate of drug-likeness (QED) is 0.690. The van der Waals surface area contributed by atoms with Crippen LogP contribution < -0.4 is 10.1 Å². The van der Waals surface area contributed by atoms with Gasteiger partial charge in [-0.15, -0.1) is 0 Å². The van der Waals surface area contributed by atoms with Gasteiger partial charge in [0.15, 0.2) is 5.16 Å². The first kappa shape index (κ1) is 15.6. The molecule has 0 fully saturated rings. The maximum absolute atomic E-state index is 12.2. The summed E-state index contributed by atoms with van der Waals surface area (Å²) in [5.41, 5.74) is 1.64. The summed E-state index contributed by atoms with van der Waals surface area (Å²) in [4.78, 5) is 20.6. The molecule has 0 atom stereocenters. The van der Waals surface area contributed by atoms with E-state index in [-0.39, 0.29) is 5.91 Å². The number of thioether (sulfide) groups is 1. The first-order valence-electron chi connectivity index (χ1n) is 6.08. The number of aromatic nitrogens is 2. The van der Waals surface area contributed by atoms with Crippen molar-refractivity contribution < 1.29 is 9.53 Å². The lowest BCUT2D eigenvalue weighted by Crippen LogP contribution is -2.15. The van der Waals surface area contributed by atoms with Gasteiger partial charge in [0.1, 0.15) is 11.4 Å². The molecule has 1 heterocycles. The molecule has 0 aliphatic rings. The highest BCUT2D eigenvalue weighted by Crippen LogP contribution is 2.27. The SMILES string of the molecule is COc1ccc(NC(=O)c2cc(C)nc(SC)n2)cc1Cl. The molecule has 0 saturated heterocycles. The van der Waals surface area contributed by atoms with Crippen LogP contribution in [-0.4, -0.2) is 29.2 Å². The van der Waals surface area contributed by atoms with E-state index in [2.05, 4.69) is 15.3 Å². The van der Waals surface area contributed by atoms with Crippen molar-refractivity contribution in [2.24, 2.45) is 0 Å². The van der Waals surface area contributed by atoms with Crippen molar-refractivity contribution in [1.29, 1.82) is 0 Å². The van der Waals surface area contributed by atoms with E-state index in [4.69, 9.17) is 16.3 Å². The zero-order valence-corrected chi connectivity index (χ0v) is 13.4. The van der Waals surface area contributed by atoms with Crippen LogP contribution in [0, 0.1) is 6.92 Å². The maximum Gasteiger partial charge on any atom is 0.274 e. The second-order valence-electron chi connectivity index (χ2n) is 4.18. The van der Waals surface area contributed by atoms with E-state index in [0.29, 0.717) is 27.3 Å². The molecule has 0 unspecified atom stereocenters. The number of nitrogens with zero attached hydrogens (tertiary/aromatic N) is 2. The van der Waals surface area contributed by atoms with E-state index in [1.807, 2.05) is 13.2 Å². The van der Waals surface area contributed by atoms with Crippen LogP contribution >= 0.6 is 23.4 Å². The van der Waals surface area contributed by atoms with E-state index in [9.17, 15) is 4.79 Å². The Morgan fingerprint density at radius 1 is 1.33 bits per heavy atom. The topological polar surface area (TPSA) is 64.1 Å². The summed E-state index contributed by atoms with van der Waals surface area (Å²) in [6.45, 7) is 1.82. The molecule has 0 spiro atoms. The highest BCUT2D eigenvalue weighted by molar-refractivity contribution is 7.98. The van der Waals surface area contributed by atoms with Crippen molar-refractivity contribution >= 4 is 35.0 Å². The van der Waals surface area contributed by atoms with Crippen LogP contribution in [0.4, 0.5) is 5.69 Å². The number of rotatable bonds is 4. The van der Waals surface area contributed by atoms with Gasteiger partial charge >= 0.3 is 0 Å². The number of carbonyl (C=O) groups is 1. The predicted octanol–water partition coefficient (Wildman–Crippen LogP) is 3.42. The largest absolute Gasteiger partial charge is 0.495 e. The average molecular weight is 324 g/mol. The lowest BCUT2D eigenvalue weighted by atomic mass is 10.2. The van der Waals surface area contributed by atoms with Crippen molar-refractivity contribution in [3.8, 4) is 5.75 Å². The molecule has 0 bridgehead atoms. The number of anilines is 1. The van der Waals surface area contributed by atoms with Crippen LogP contribution in [0.25, 0.3) is 0 Å². The van der Waals surface area contributed by atoms with Gasteiger partial charge in [-0.25, -0.2) is 9.97 Å². The van der Waals surface area contributed by atoms with Crippen molar-refractivity contribution in [3.05, 3.63) is 40.7 Å². The highest BCUT2D eigenvalue weighted by Gasteiger charge is 2.11. The summed E-state index contributed by atoms with van der Waals surface area (Å²) in [5, 5.41) is 3.74. The Hall–Kier alpha value is -1.79. The molecule has 21 heavy (non-hydrogen) atoms. The number of nitrogens with one attached hydrogen (secondary N) is 1. The van der Waals surface area contributed by atoms with E-state index in [0.717, 1.165) is 5.69 Å². The monoisotopic (exact) mass is 323 g/mol. The van der Waals surface area contributed by atoms with Crippen molar-refractivity contribution in [3.63, 3.8) is 0 Å². The third-order valence-corrected chi connectivity index (χ3v) is 3.50. The van der Waals surface area contributed by atoms with E-state index in [1.165, 1.54) is 18.9 Å². The second-order valence-corrected chi connectivity index (χ2v) is 5.37. The summed E-state index contributed by atoms with van der Waals surface area (Å²) in [6, 6.07) is 6.67. The smallest absolute Gasteiger partial charge is 0.274 e. The van der Waals surface area contributed by atoms with E-state index < -0.39 is 0 Å². The van der Waals surface area contributed by atoms with Crippen LogP contribution in [0.15, 0.2) is 29.4 Å². The normalized spacial score (nSPS) is 10.3. The third-order valence-electron chi connectivity index (χ3n) is 2.66. The average Bonchev–Trinajstić information content (AvgIpc) is 2.46. The maximum atomic E-state index is 12.2. The molecular weight excluding hydrogens is 310 g/mol. The molecule has 2 aromatic rings. The second kappa shape index (κ2) is 6.78. The van der Waals surface area contributed by atoms with Gasteiger partial charge in [0.05, 0.1) is 12.1 Å². The number of methoxy groups -OCH3 is 1. The Morgan fingerprint density at radius 3 is 2.71 bits per heavy atom. The third kappa shape index (κ3) is 3.86. The molecule has 7 heteroatoms. The molecule has 0 aliphatic heterocycles. The number of carbonyl (C=O) groups excluding carboxylic acids is 1. The highest BCUT2D eigenvalue weighted by atomic mass is 35.5. The molecule has 2 rings (SSSR count). The fourth-order valence-corrected chi connectivity index (χ4v) is 2.37. The number of ether oxygens (including phenoxy) is 1. The fourth-order valence-electron chi connectivity index (χ4n) is 1.69. The van der Waals surface area contributed by atoms with Gasteiger partial charge in [-0.3, -0.25) is 4.79 Å². The van der Waals surface area contributed by atoms with Gasteiger partial charge in [0, 0.05) is 11.4 Å². The number of aryl methyl sites for hydroxylation is 1. The van der Waals surface area contributed by atoms with Crippen LogP contribution in [0.5, 0.6) is 5.75 Å². The Balaban J connectivity index is 2.21. The lowest BCUT2D eigenvalue weighted by molar-refractivity contribution is 0.102. The Morgan fingerprint density at radius 2 is 2.10 bits per heavy atom. The van der Waals surface area contributed by atoms with Gasteiger partial charge in [0.2, 0.25) is 0 Å². The number of halogens is 1. The van der Waals surface area contributed by atoms with Gasteiger partial charge in [-0.2, -0.15) is 0 Å². The summed E-state index contributed by atoms with van der Waals surface area (Å²) in [5.74, 6) is 0.245. The molecule has 0 saturated carbocycles. The van der Waals surface area contributed by atoms with Crippen molar-refractivity contribution in [2.75, 3.05) is 18.7 Å². The minimum absolute atomic E-state index is 0.308. The minimum atomic E-state index is -0.308. The molecule has 0 radical (unpaired) electrons. The first-order valence-corrected chi connectivity index (χ1v) is 7.68. The number of benzene rings is 1. The Kier molecular flexibility index (Phi) is 5.03. The van der Waals surface area contributed by atoms with Crippen molar-refractivity contribution in [2.45, 2.75) is 12.1 Å². The van der Waals surface area contributed by atoms with Gasteiger partial charge in [0.25, 0.3) is 5.91 Å². The van der Waals surface area contributed by atoms with Crippen LogP contribution in [0.1, 0.15) is 16.2 Å². The number of amides is 1. The minimum Gasteiger partial charge on any atom is -0.495 e. The number of hydrogen-bond donors (Lipinski definition) is 1. The van der Waals surface area contributed by atoms with Gasteiger partial charge < -0.3 is 10.1 Å². The molecule has 1 N–H and O–H groups in total. The molecule has 1 amide bonds. The standard InChI is InChI=1S/C14H14ClN3O2S/c1-8-6-11(18-14(16-8)21-3)13(19)17-9-4-5-12(20-2)10(15)7-9/h4-7H,1-3H3,(H,17,19). The summed E-state index contributed by atoms with van der Waals surface area (Å²) < 4.78 is 5.07. The molecular formula is C14H14ClN3O2S. The summed E-state index contributed by atoms with van der Waals surface area (Å²) >= 11 is 7.41. The van der Waals surface area contributed by atoms with Crippen molar-refractivity contribution in [1.82, 2.24) is 9.97 Å². The lowest BCUT2D eigenvalue weighted by Gasteiger charge is -2.08. The molecule has 1 aromatic heterocycles.